The van der Waals surface area contributed by atoms with E-state index in [9.17, 15) is 33.8 Å². The summed E-state index contributed by atoms with van der Waals surface area (Å²) in [4.78, 5) is 52.8. The Morgan fingerprint density at radius 2 is 1.11 bits per heavy atom. The van der Waals surface area contributed by atoms with Crippen molar-refractivity contribution in [2.75, 3.05) is 26.4 Å². The molecule has 5 atom stereocenters. The minimum Gasteiger partial charge on any atom is -0.462 e. The molecule has 0 amide bonds. The van der Waals surface area contributed by atoms with Gasteiger partial charge in [0, 0.05) is 12.8 Å². The summed E-state index contributed by atoms with van der Waals surface area (Å²) in [6.07, 6.45) is 37.3. The molecule has 0 rings (SSSR count). The lowest BCUT2D eigenvalue weighted by molar-refractivity contribution is -0.161. The van der Waals surface area contributed by atoms with Gasteiger partial charge >= 0.3 is 27.6 Å². The van der Waals surface area contributed by atoms with E-state index >= 15 is 0 Å². The maximum absolute atomic E-state index is 12.7. The predicted octanol–water partition coefficient (Wildman–Crippen LogP) is 11.7. The molecule has 5 N–H and O–H groups in total. The lowest BCUT2D eigenvalue weighted by Crippen LogP contribution is -2.30. The first kappa shape index (κ1) is 61.3. The number of carbonyl (C=O) groups is 2. The molecule has 63 heavy (non-hydrogen) atoms. The number of unbranched alkanes of at least 4 members (excludes halogenated alkanes) is 19. The van der Waals surface area contributed by atoms with Crippen molar-refractivity contribution in [3.63, 3.8) is 0 Å². The summed E-state index contributed by atoms with van der Waals surface area (Å²) in [5.41, 5.74) is 0. The van der Waals surface area contributed by atoms with E-state index in [1.54, 1.807) is 12.2 Å². The summed E-state index contributed by atoms with van der Waals surface area (Å²) in [6, 6.07) is 0. The molecular formula is C47H88O14P2. The summed E-state index contributed by atoms with van der Waals surface area (Å²) in [6.45, 7) is 3.93. The number of esters is 2. The number of phosphoric acid groups is 2. The molecule has 14 nitrogen and oxygen atoms in total. The Labute approximate surface area is 380 Å². The molecule has 0 fully saturated rings. The van der Waals surface area contributed by atoms with Gasteiger partial charge in [-0.15, -0.1) is 0 Å². The lowest BCUT2D eigenvalue weighted by Gasteiger charge is -2.20. The molecule has 0 aliphatic heterocycles. The second-order valence-electron chi connectivity index (χ2n) is 16.8. The van der Waals surface area contributed by atoms with E-state index in [4.69, 9.17) is 23.8 Å². The summed E-state index contributed by atoms with van der Waals surface area (Å²) >= 11 is 0. The Hall–Kier alpha value is -1.70. The minimum atomic E-state index is -4.88. The molecule has 0 aliphatic carbocycles. The highest BCUT2D eigenvalue weighted by molar-refractivity contribution is 7.47. The first-order valence-corrected chi connectivity index (χ1v) is 27.2. The number of aliphatic hydroxyl groups excluding tert-OH is 2. The molecule has 0 spiro atoms. The fourth-order valence-electron chi connectivity index (χ4n) is 6.57. The highest BCUT2D eigenvalue weighted by Crippen LogP contribution is 2.44. The van der Waals surface area contributed by atoms with Crippen LogP contribution in [0.5, 0.6) is 0 Å². The van der Waals surface area contributed by atoms with Crippen molar-refractivity contribution in [1.29, 1.82) is 0 Å². The predicted molar refractivity (Wildman–Crippen MR) is 250 cm³/mol. The van der Waals surface area contributed by atoms with Gasteiger partial charge in [-0.1, -0.05) is 186 Å². The van der Waals surface area contributed by atoms with Crippen LogP contribution in [-0.2, 0) is 41.8 Å². The Morgan fingerprint density at radius 3 is 1.71 bits per heavy atom. The third kappa shape index (κ3) is 45.3. The average Bonchev–Trinajstić information content (AvgIpc) is 3.24. The van der Waals surface area contributed by atoms with Crippen molar-refractivity contribution in [3.05, 3.63) is 36.5 Å². The minimum absolute atomic E-state index is 0.0272. The third-order valence-corrected chi connectivity index (χ3v) is 12.1. The first-order valence-electron chi connectivity index (χ1n) is 24.2. The van der Waals surface area contributed by atoms with Crippen molar-refractivity contribution in [2.45, 2.75) is 219 Å². The molecule has 3 unspecified atom stereocenters. The largest absolute Gasteiger partial charge is 0.472 e. The van der Waals surface area contributed by atoms with E-state index in [-0.39, 0.29) is 12.8 Å². The van der Waals surface area contributed by atoms with Gasteiger partial charge in [0.05, 0.1) is 25.9 Å². The van der Waals surface area contributed by atoms with E-state index in [0.29, 0.717) is 19.3 Å². The number of ether oxygens (including phenoxy) is 2. The molecule has 0 aromatic carbocycles. The van der Waals surface area contributed by atoms with Crippen molar-refractivity contribution >= 4 is 27.6 Å². The molecule has 0 aliphatic rings. The van der Waals surface area contributed by atoms with Gasteiger partial charge in [0.1, 0.15) is 12.7 Å². The number of rotatable bonds is 45. The first-order chi connectivity index (χ1) is 30.2. The monoisotopic (exact) mass is 939 g/mol. The Bertz CT molecular complexity index is 1290. The van der Waals surface area contributed by atoms with Gasteiger partial charge in [0.25, 0.3) is 0 Å². The Balaban J connectivity index is 4.61. The second-order valence-corrected chi connectivity index (χ2v) is 19.5. The normalized spacial score (nSPS) is 15.2. The van der Waals surface area contributed by atoms with Gasteiger partial charge in [-0.05, 0) is 44.4 Å². The number of aliphatic hydroxyl groups is 2. The molecule has 0 saturated carbocycles. The van der Waals surface area contributed by atoms with Gasteiger partial charge < -0.3 is 34.4 Å². The smallest absolute Gasteiger partial charge is 0.462 e. The number of hydrogen-bond donors (Lipinski definition) is 5. The van der Waals surface area contributed by atoms with Crippen molar-refractivity contribution in [3.8, 4) is 0 Å². The fraction of sp³-hybridized carbons (Fsp3) is 0.830. The van der Waals surface area contributed by atoms with E-state index in [1.807, 2.05) is 12.2 Å². The number of phosphoric ester groups is 2. The highest BCUT2D eigenvalue weighted by Gasteiger charge is 2.28. The molecule has 370 valence electrons. The van der Waals surface area contributed by atoms with E-state index in [1.165, 1.54) is 109 Å². The van der Waals surface area contributed by atoms with Crippen molar-refractivity contribution < 1.29 is 66.7 Å². The van der Waals surface area contributed by atoms with E-state index in [2.05, 4.69) is 42.0 Å². The SMILES string of the molecule is CCCCCCCC/C=C/C/C=C/C=C/C(O)CCCC(=O)OC[C@H](COP(=O)(O)OC[C@@H](O)COP(=O)(O)O)OC(=O)CCCCCCCCCCCCCCCCC(C)CC. The summed E-state index contributed by atoms with van der Waals surface area (Å²) < 4.78 is 47.8. The van der Waals surface area contributed by atoms with Gasteiger partial charge in [0.2, 0.25) is 0 Å². The van der Waals surface area contributed by atoms with Crippen molar-refractivity contribution in [1.82, 2.24) is 0 Å². The van der Waals surface area contributed by atoms with Crippen LogP contribution in [0.1, 0.15) is 201 Å². The lowest BCUT2D eigenvalue weighted by atomic mass is 9.99. The highest BCUT2D eigenvalue weighted by atomic mass is 31.2. The molecular weight excluding hydrogens is 850 g/mol. The molecule has 0 aromatic rings. The molecule has 16 heteroatoms. The Morgan fingerprint density at radius 1 is 0.571 bits per heavy atom. The van der Waals surface area contributed by atoms with Crippen LogP contribution in [0.3, 0.4) is 0 Å². The zero-order valence-electron chi connectivity index (χ0n) is 39.2. The van der Waals surface area contributed by atoms with Crippen LogP contribution in [0, 0.1) is 5.92 Å². The molecule has 0 bridgehead atoms. The number of hydrogen-bond acceptors (Lipinski definition) is 11. The Kier molecular flexibility index (Phi) is 40.6. The van der Waals surface area contributed by atoms with Crippen LogP contribution in [0.2, 0.25) is 0 Å². The molecule has 0 heterocycles. The van der Waals surface area contributed by atoms with Gasteiger partial charge in [-0.25, -0.2) is 9.13 Å². The summed E-state index contributed by atoms with van der Waals surface area (Å²) in [5, 5.41) is 20.1. The fourth-order valence-corrected chi connectivity index (χ4v) is 7.73. The van der Waals surface area contributed by atoms with Gasteiger partial charge in [-0.3, -0.25) is 23.2 Å². The maximum atomic E-state index is 12.7. The summed E-state index contributed by atoms with van der Waals surface area (Å²) in [5.74, 6) is -0.370. The van der Waals surface area contributed by atoms with Gasteiger partial charge in [0.15, 0.2) is 6.10 Å². The van der Waals surface area contributed by atoms with Crippen LogP contribution in [0.4, 0.5) is 0 Å². The second kappa shape index (κ2) is 41.7. The number of allylic oxidation sites excluding steroid dienone is 5. The number of carbonyl (C=O) groups excluding carboxylic acids is 2. The average molecular weight is 939 g/mol. The van der Waals surface area contributed by atoms with Crippen LogP contribution in [-0.4, -0.2) is 81.6 Å². The molecule has 0 aromatic heterocycles. The van der Waals surface area contributed by atoms with E-state index < -0.39 is 72.3 Å². The van der Waals surface area contributed by atoms with Gasteiger partial charge in [-0.2, -0.15) is 0 Å². The zero-order chi connectivity index (χ0) is 46.9. The molecule has 0 radical (unpaired) electrons. The standard InChI is InChI=1S/C47H88O14P2/c1-4-6-7-8-9-10-11-14-18-21-24-27-30-34-43(48)35-32-37-46(50)57-40-45(41-60-63(55,56)59-39-44(49)38-58-62(52,53)54)61-47(51)36-31-28-25-22-19-16-13-12-15-17-20-23-26-29-33-42(3)5-2/h14,18,24,27,30,34,42-45,48-49H,4-13,15-17,19-23,25-26,28-29,31-33,35-41H2,1-3H3,(H,55,56)(H2,52,53,54)/b18-14+,27-24+,34-30+/t42?,43?,44-,45+/m0/s1. The quantitative estimate of drug-likeness (QED) is 0.0126. The van der Waals surface area contributed by atoms with Crippen LogP contribution in [0.25, 0.3) is 0 Å². The van der Waals surface area contributed by atoms with Crippen LogP contribution >= 0.6 is 15.6 Å². The van der Waals surface area contributed by atoms with E-state index in [0.717, 1.165) is 44.4 Å². The van der Waals surface area contributed by atoms with Crippen LogP contribution < -0.4 is 0 Å². The molecule has 0 saturated heterocycles. The van der Waals surface area contributed by atoms with Crippen LogP contribution in [0.15, 0.2) is 36.5 Å². The third-order valence-electron chi connectivity index (χ3n) is 10.7. The zero-order valence-corrected chi connectivity index (χ0v) is 41.0. The van der Waals surface area contributed by atoms with Crippen molar-refractivity contribution in [2.24, 2.45) is 5.92 Å². The maximum Gasteiger partial charge on any atom is 0.472 e. The summed E-state index contributed by atoms with van der Waals surface area (Å²) in [7, 11) is -9.73. The topological polar surface area (TPSA) is 216 Å².